The smallest absolute Gasteiger partial charge is 0.361 e. The van der Waals surface area contributed by atoms with Crippen molar-refractivity contribution in [1.82, 2.24) is 0 Å². The third-order valence-corrected chi connectivity index (χ3v) is 12.0. The predicted molar refractivity (Wildman–Crippen MR) is 313 cm³/mol. The average Bonchev–Trinajstić information content (AvgIpc) is 3.37. The zero-order valence-corrected chi connectivity index (χ0v) is 47.7. The summed E-state index contributed by atoms with van der Waals surface area (Å²) in [6.45, 7) is 4.70. The lowest BCUT2D eigenvalue weighted by Crippen LogP contribution is -2.40. The van der Waals surface area contributed by atoms with Crippen LogP contribution in [0.5, 0.6) is 0 Å². The standard InChI is InChI=1S/C65H107NO8/c1-6-8-10-12-14-16-18-20-22-24-26-27-28-29-30-31-32-33-34-35-36-37-38-40-42-44-46-48-50-52-54-56-63(68)74-61(60-73-65(64(69)70)71-58-57-66(3,4)5)59-72-62(67)55-53-51-49-47-45-43-41-39-25-23-21-19-17-15-13-11-9-7-2/h8,10,14,16-17,19-20,22-23,25-27,29-30,32-33,35-36,38,40,61,65H,6-7,9,11-13,15,18,21,24,28,31,34,37,39,41-60H2,1-5H3/p+1/b10-8-,16-14-,19-17-,22-20-,25-23-,27-26-,30-29-,33-32-,36-35-,40-38-. The van der Waals surface area contributed by atoms with Crippen LogP contribution in [0.2, 0.25) is 0 Å². The highest BCUT2D eigenvalue weighted by Gasteiger charge is 2.25. The quantitative estimate of drug-likeness (QED) is 0.0211. The van der Waals surface area contributed by atoms with Gasteiger partial charge in [0.2, 0.25) is 0 Å². The minimum atomic E-state index is -1.52. The highest BCUT2D eigenvalue weighted by molar-refractivity contribution is 5.71. The van der Waals surface area contributed by atoms with Gasteiger partial charge in [-0.2, -0.15) is 0 Å². The van der Waals surface area contributed by atoms with Crippen LogP contribution < -0.4 is 0 Å². The van der Waals surface area contributed by atoms with Crippen LogP contribution in [-0.4, -0.2) is 87.4 Å². The first kappa shape index (κ1) is 69.7. The van der Waals surface area contributed by atoms with E-state index < -0.39 is 24.3 Å². The Labute approximate surface area is 453 Å². The number of likely N-dealkylation sites (N-methyl/N-ethyl adjacent to an activating group) is 1. The molecule has 74 heavy (non-hydrogen) atoms. The summed E-state index contributed by atoms with van der Waals surface area (Å²) >= 11 is 0. The van der Waals surface area contributed by atoms with Crippen LogP contribution in [0.1, 0.15) is 213 Å². The highest BCUT2D eigenvalue weighted by atomic mass is 16.7. The lowest BCUT2D eigenvalue weighted by Gasteiger charge is -2.25. The number of carboxylic acid groups (broad SMARTS) is 1. The molecule has 9 heteroatoms. The molecule has 2 atom stereocenters. The monoisotopic (exact) mass is 1030 g/mol. The average molecular weight is 1030 g/mol. The molecule has 0 aromatic carbocycles. The number of aliphatic carboxylic acids is 1. The van der Waals surface area contributed by atoms with Crippen molar-refractivity contribution >= 4 is 17.9 Å². The van der Waals surface area contributed by atoms with E-state index in [-0.39, 0.29) is 38.6 Å². The first-order valence-corrected chi connectivity index (χ1v) is 29.2. The molecule has 9 nitrogen and oxygen atoms in total. The maximum atomic E-state index is 12.9. The molecule has 0 aliphatic rings. The number of hydrogen-bond acceptors (Lipinski definition) is 7. The molecule has 420 valence electrons. The molecule has 0 aliphatic heterocycles. The zero-order valence-electron chi connectivity index (χ0n) is 47.7. The minimum absolute atomic E-state index is 0.176. The normalized spacial score (nSPS) is 13.7. The van der Waals surface area contributed by atoms with Crippen molar-refractivity contribution < 1.29 is 42.9 Å². The van der Waals surface area contributed by atoms with Gasteiger partial charge in [-0.1, -0.05) is 212 Å². The number of carboxylic acids is 1. The number of carbonyl (C=O) groups excluding carboxylic acids is 2. The Balaban J connectivity index is 4.32. The van der Waals surface area contributed by atoms with Crippen molar-refractivity contribution in [2.45, 2.75) is 225 Å². The molecule has 0 bridgehead atoms. The largest absolute Gasteiger partial charge is 0.477 e. The molecule has 2 unspecified atom stereocenters. The minimum Gasteiger partial charge on any atom is -0.477 e. The molecule has 1 N–H and O–H groups in total. The molecule has 0 amide bonds. The van der Waals surface area contributed by atoms with Crippen molar-refractivity contribution in [1.29, 1.82) is 0 Å². The van der Waals surface area contributed by atoms with E-state index in [1.54, 1.807) is 0 Å². The Morgan fingerprint density at radius 2 is 0.770 bits per heavy atom. The third kappa shape index (κ3) is 55.4. The van der Waals surface area contributed by atoms with E-state index in [9.17, 15) is 19.5 Å². The van der Waals surface area contributed by atoms with Gasteiger partial charge in [-0.15, -0.1) is 0 Å². The molecule has 0 spiro atoms. The fourth-order valence-electron chi connectivity index (χ4n) is 7.47. The van der Waals surface area contributed by atoms with E-state index in [4.69, 9.17) is 18.9 Å². The Bertz CT molecular complexity index is 1620. The number of quaternary nitrogens is 1. The Hall–Kier alpha value is -4.31. The summed E-state index contributed by atoms with van der Waals surface area (Å²) in [5.74, 6) is -2.05. The van der Waals surface area contributed by atoms with Gasteiger partial charge in [0.1, 0.15) is 13.2 Å². The SMILES string of the molecule is CC/C=C\C/C=C\C/C=C\C/C=C\C/C=C\C/C=C\C/C=C\C/C=C\CCCCCCCCC(=O)OC(COC(=O)CCCCCCCCC/C=C\C/C=C\CCCCCC)COC(OCC[N+](C)(C)C)C(=O)O. The lowest BCUT2D eigenvalue weighted by atomic mass is 10.1. The molecular formula is C65H108NO8+. The van der Waals surface area contributed by atoms with Crippen molar-refractivity contribution in [3.05, 3.63) is 122 Å². The van der Waals surface area contributed by atoms with Gasteiger partial charge in [-0.25, -0.2) is 4.79 Å². The molecule has 0 radical (unpaired) electrons. The number of carbonyl (C=O) groups is 3. The van der Waals surface area contributed by atoms with Gasteiger partial charge in [0.25, 0.3) is 6.29 Å². The van der Waals surface area contributed by atoms with Crippen LogP contribution in [0, 0.1) is 0 Å². The Morgan fingerprint density at radius 1 is 0.419 bits per heavy atom. The highest BCUT2D eigenvalue weighted by Crippen LogP contribution is 2.14. The van der Waals surface area contributed by atoms with Gasteiger partial charge >= 0.3 is 17.9 Å². The Morgan fingerprint density at radius 3 is 1.15 bits per heavy atom. The van der Waals surface area contributed by atoms with Crippen LogP contribution in [0.25, 0.3) is 0 Å². The number of nitrogens with zero attached hydrogens (tertiary/aromatic N) is 1. The van der Waals surface area contributed by atoms with Crippen molar-refractivity contribution in [3.63, 3.8) is 0 Å². The maximum absolute atomic E-state index is 12.9. The topological polar surface area (TPSA) is 108 Å². The predicted octanol–water partition coefficient (Wildman–Crippen LogP) is 17.3. The maximum Gasteiger partial charge on any atom is 0.361 e. The van der Waals surface area contributed by atoms with Gasteiger partial charge in [0, 0.05) is 12.8 Å². The number of unbranched alkanes of at least 4 members (excludes halogenated alkanes) is 17. The molecule has 0 rings (SSSR count). The second-order valence-corrected chi connectivity index (χ2v) is 20.2. The van der Waals surface area contributed by atoms with Gasteiger partial charge < -0.3 is 28.5 Å². The second kappa shape index (κ2) is 54.9. The summed E-state index contributed by atoms with van der Waals surface area (Å²) < 4.78 is 22.8. The molecule has 0 fully saturated rings. The van der Waals surface area contributed by atoms with E-state index in [2.05, 4.69) is 135 Å². The summed E-state index contributed by atoms with van der Waals surface area (Å²) in [7, 11) is 5.95. The summed E-state index contributed by atoms with van der Waals surface area (Å²) in [6, 6.07) is 0. The van der Waals surface area contributed by atoms with Crippen LogP contribution in [0.4, 0.5) is 0 Å². The number of hydrogen-bond donors (Lipinski definition) is 1. The molecular weight excluding hydrogens is 923 g/mol. The molecule has 0 saturated carbocycles. The molecule has 0 heterocycles. The molecule has 0 aliphatic carbocycles. The summed E-state index contributed by atoms with van der Waals surface area (Å²) in [5, 5.41) is 9.70. The lowest BCUT2D eigenvalue weighted by molar-refractivity contribution is -0.870. The summed E-state index contributed by atoms with van der Waals surface area (Å²) in [5.41, 5.74) is 0. The molecule has 0 aromatic rings. The van der Waals surface area contributed by atoms with Crippen molar-refractivity contribution in [3.8, 4) is 0 Å². The number of ether oxygens (including phenoxy) is 4. The van der Waals surface area contributed by atoms with Gasteiger partial charge in [0.05, 0.1) is 34.4 Å². The summed E-state index contributed by atoms with van der Waals surface area (Å²) in [6.07, 6.45) is 74.1. The van der Waals surface area contributed by atoms with Crippen molar-refractivity contribution in [2.75, 3.05) is 47.5 Å². The van der Waals surface area contributed by atoms with Crippen molar-refractivity contribution in [2.24, 2.45) is 0 Å². The fraction of sp³-hybridized carbons (Fsp3) is 0.646. The first-order valence-electron chi connectivity index (χ1n) is 29.2. The van der Waals surface area contributed by atoms with E-state index >= 15 is 0 Å². The summed E-state index contributed by atoms with van der Waals surface area (Å²) in [4.78, 5) is 37.4. The number of allylic oxidation sites excluding steroid dienone is 20. The fourth-order valence-corrected chi connectivity index (χ4v) is 7.47. The second-order valence-electron chi connectivity index (χ2n) is 20.2. The third-order valence-electron chi connectivity index (χ3n) is 12.0. The van der Waals surface area contributed by atoms with E-state index in [0.717, 1.165) is 128 Å². The molecule has 0 saturated heterocycles. The van der Waals surface area contributed by atoms with Gasteiger partial charge in [-0.3, -0.25) is 9.59 Å². The van der Waals surface area contributed by atoms with Crippen LogP contribution >= 0.6 is 0 Å². The van der Waals surface area contributed by atoms with E-state index in [1.807, 2.05) is 21.1 Å². The van der Waals surface area contributed by atoms with Gasteiger partial charge in [0.15, 0.2) is 6.10 Å². The number of rotatable bonds is 52. The Kier molecular flexibility index (Phi) is 51.7. The van der Waals surface area contributed by atoms with Gasteiger partial charge in [-0.05, 0) is 109 Å². The van der Waals surface area contributed by atoms with E-state index in [0.29, 0.717) is 17.4 Å². The number of esters is 2. The first-order chi connectivity index (χ1) is 36.1. The van der Waals surface area contributed by atoms with E-state index in [1.165, 1.54) is 51.4 Å². The molecule has 0 aromatic heterocycles. The van der Waals surface area contributed by atoms with Crippen LogP contribution in [-0.2, 0) is 33.3 Å². The van der Waals surface area contributed by atoms with Crippen LogP contribution in [0.15, 0.2) is 122 Å². The zero-order chi connectivity index (χ0) is 54.1. The van der Waals surface area contributed by atoms with Crippen LogP contribution in [0.3, 0.4) is 0 Å².